The van der Waals surface area contributed by atoms with Gasteiger partial charge in [0.25, 0.3) is 5.19 Å². The predicted molar refractivity (Wildman–Crippen MR) is 63.9 cm³/mol. The van der Waals surface area contributed by atoms with Crippen LogP contribution in [0.5, 0.6) is 10.9 Å². The number of hydrogen-bond donors (Lipinski definition) is 1. The summed E-state index contributed by atoms with van der Waals surface area (Å²) in [5, 5.41) is 12.2. The molecule has 0 saturated carbocycles. The lowest BCUT2D eigenvalue weighted by atomic mass is 10.2. The average molecular weight is 253 g/mol. The highest BCUT2D eigenvalue weighted by Gasteiger charge is 2.07. The van der Waals surface area contributed by atoms with E-state index in [-0.39, 0.29) is 5.82 Å². The molecule has 0 unspecified atom stereocenters. The van der Waals surface area contributed by atoms with Crippen molar-refractivity contribution in [3.8, 4) is 10.9 Å². The van der Waals surface area contributed by atoms with Gasteiger partial charge in [-0.25, -0.2) is 4.39 Å². The zero-order valence-corrected chi connectivity index (χ0v) is 10.3. The fraction of sp³-hybridized carbons (Fsp3) is 0.273. The molecule has 1 aromatic carbocycles. The molecule has 2 rings (SSSR count). The van der Waals surface area contributed by atoms with Gasteiger partial charge in [0.15, 0.2) is 0 Å². The van der Waals surface area contributed by atoms with Gasteiger partial charge in [0, 0.05) is 6.54 Å². The molecule has 2 aromatic rings. The van der Waals surface area contributed by atoms with Crippen LogP contribution in [-0.2, 0) is 6.54 Å². The van der Waals surface area contributed by atoms with Crippen LogP contribution in [-0.4, -0.2) is 17.2 Å². The van der Waals surface area contributed by atoms with Crippen LogP contribution >= 0.6 is 11.3 Å². The second-order valence-electron chi connectivity index (χ2n) is 3.50. The average Bonchev–Trinajstić information content (AvgIpc) is 2.71. The highest BCUT2D eigenvalue weighted by atomic mass is 32.1. The zero-order chi connectivity index (χ0) is 12.3. The molecule has 90 valence electrons. The van der Waals surface area contributed by atoms with E-state index in [4.69, 9.17) is 4.74 Å². The first-order valence-corrected chi connectivity index (χ1v) is 5.91. The molecular weight excluding hydrogens is 241 g/mol. The highest BCUT2D eigenvalue weighted by molar-refractivity contribution is 7.13. The molecule has 0 amide bonds. The van der Waals surface area contributed by atoms with E-state index < -0.39 is 0 Å². The molecule has 17 heavy (non-hydrogen) atoms. The van der Waals surface area contributed by atoms with Crippen molar-refractivity contribution in [2.24, 2.45) is 0 Å². The summed E-state index contributed by atoms with van der Waals surface area (Å²) in [7, 11) is 1.84. The molecule has 0 radical (unpaired) electrons. The Balaban J connectivity index is 2.13. The lowest BCUT2D eigenvalue weighted by Crippen LogP contribution is -2.04. The Labute approximate surface area is 102 Å². The third-order valence-electron chi connectivity index (χ3n) is 2.11. The standard InChI is InChI=1S/C11H12FN3OS/c1-7-5-8(12)3-4-9(7)16-11-15-14-10(17-11)6-13-2/h3-5,13H,6H2,1-2H3. The normalized spacial score (nSPS) is 10.5. The second-order valence-corrected chi connectivity index (χ2v) is 4.53. The number of rotatable bonds is 4. The topological polar surface area (TPSA) is 47.0 Å². The summed E-state index contributed by atoms with van der Waals surface area (Å²) in [5.41, 5.74) is 0.732. The fourth-order valence-electron chi connectivity index (χ4n) is 1.32. The van der Waals surface area contributed by atoms with Gasteiger partial charge < -0.3 is 10.1 Å². The minimum atomic E-state index is -0.275. The van der Waals surface area contributed by atoms with Gasteiger partial charge in [-0.3, -0.25) is 0 Å². The quantitative estimate of drug-likeness (QED) is 0.909. The third-order valence-corrected chi connectivity index (χ3v) is 2.91. The Bertz CT molecular complexity index is 515. The van der Waals surface area contributed by atoms with Crippen LogP contribution < -0.4 is 10.1 Å². The van der Waals surface area contributed by atoms with Crippen LogP contribution in [0.15, 0.2) is 18.2 Å². The zero-order valence-electron chi connectivity index (χ0n) is 9.53. The van der Waals surface area contributed by atoms with Crippen molar-refractivity contribution >= 4 is 11.3 Å². The summed E-state index contributed by atoms with van der Waals surface area (Å²) in [6.45, 7) is 2.44. The smallest absolute Gasteiger partial charge is 0.299 e. The summed E-state index contributed by atoms with van der Waals surface area (Å²) in [4.78, 5) is 0. The van der Waals surface area contributed by atoms with E-state index in [9.17, 15) is 4.39 Å². The van der Waals surface area contributed by atoms with Crippen LogP contribution in [0.3, 0.4) is 0 Å². The summed E-state index contributed by atoms with van der Waals surface area (Å²) in [6.07, 6.45) is 0. The lowest BCUT2D eigenvalue weighted by molar-refractivity contribution is 0.467. The Morgan fingerprint density at radius 1 is 1.41 bits per heavy atom. The van der Waals surface area contributed by atoms with Crippen molar-refractivity contribution in [1.82, 2.24) is 15.5 Å². The Kier molecular flexibility index (Phi) is 3.65. The fourth-order valence-corrected chi connectivity index (χ4v) is 2.04. The van der Waals surface area contributed by atoms with E-state index in [2.05, 4.69) is 15.5 Å². The Morgan fingerprint density at radius 2 is 2.24 bits per heavy atom. The molecule has 0 aliphatic carbocycles. The number of benzene rings is 1. The van der Waals surface area contributed by atoms with E-state index in [0.29, 0.717) is 17.5 Å². The van der Waals surface area contributed by atoms with Gasteiger partial charge in [-0.1, -0.05) is 16.4 Å². The highest BCUT2D eigenvalue weighted by Crippen LogP contribution is 2.27. The van der Waals surface area contributed by atoms with E-state index in [1.807, 2.05) is 7.05 Å². The first-order valence-electron chi connectivity index (χ1n) is 5.10. The lowest BCUT2D eigenvalue weighted by Gasteiger charge is -2.04. The maximum atomic E-state index is 12.9. The van der Waals surface area contributed by atoms with Gasteiger partial charge in [-0.2, -0.15) is 0 Å². The van der Waals surface area contributed by atoms with Crippen LogP contribution in [0.2, 0.25) is 0 Å². The van der Waals surface area contributed by atoms with Crippen molar-refractivity contribution in [2.45, 2.75) is 13.5 Å². The SMILES string of the molecule is CNCc1nnc(Oc2ccc(F)cc2C)s1. The number of hydrogen-bond acceptors (Lipinski definition) is 5. The third kappa shape index (κ3) is 2.98. The van der Waals surface area contributed by atoms with Crippen molar-refractivity contribution < 1.29 is 9.13 Å². The predicted octanol–water partition coefficient (Wildman–Crippen LogP) is 2.50. The summed E-state index contributed by atoms with van der Waals surface area (Å²) < 4.78 is 18.4. The minimum Gasteiger partial charge on any atom is -0.430 e. The van der Waals surface area contributed by atoms with E-state index in [1.165, 1.54) is 23.5 Å². The number of ether oxygens (including phenoxy) is 1. The van der Waals surface area contributed by atoms with Crippen molar-refractivity contribution in [3.05, 3.63) is 34.6 Å². The number of aryl methyl sites for hydroxylation is 1. The summed E-state index contributed by atoms with van der Waals surface area (Å²) in [6, 6.07) is 4.37. The van der Waals surface area contributed by atoms with Gasteiger partial charge in [0.2, 0.25) is 0 Å². The summed E-state index contributed by atoms with van der Waals surface area (Å²) >= 11 is 1.36. The van der Waals surface area contributed by atoms with Crippen LogP contribution in [0, 0.1) is 12.7 Å². The first-order chi connectivity index (χ1) is 8.19. The van der Waals surface area contributed by atoms with Gasteiger partial charge in [0.1, 0.15) is 16.6 Å². The molecule has 0 bridgehead atoms. The Hall–Kier alpha value is -1.53. The van der Waals surface area contributed by atoms with Crippen LogP contribution in [0.25, 0.3) is 0 Å². The molecule has 0 fully saturated rings. The van der Waals surface area contributed by atoms with Gasteiger partial charge >= 0.3 is 0 Å². The van der Waals surface area contributed by atoms with Crippen molar-refractivity contribution in [3.63, 3.8) is 0 Å². The molecule has 1 aromatic heterocycles. The first kappa shape index (κ1) is 11.9. The molecule has 6 heteroatoms. The minimum absolute atomic E-state index is 0.275. The van der Waals surface area contributed by atoms with Gasteiger partial charge in [-0.15, -0.1) is 5.10 Å². The molecule has 1 N–H and O–H groups in total. The molecule has 1 heterocycles. The van der Waals surface area contributed by atoms with Crippen LogP contribution in [0.1, 0.15) is 10.6 Å². The van der Waals surface area contributed by atoms with Crippen LogP contribution in [0.4, 0.5) is 4.39 Å². The summed E-state index contributed by atoms with van der Waals surface area (Å²) in [5.74, 6) is 0.321. The molecule has 4 nitrogen and oxygen atoms in total. The number of nitrogens with one attached hydrogen (secondary N) is 1. The molecule has 0 atom stereocenters. The monoisotopic (exact) mass is 253 g/mol. The van der Waals surface area contributed by atoms with E-state index in [1.54, 1.807) is 13.0 Å². The number of halogens is 1. The maximum absolute atomic E-state index is 12.9. The second kappa shape index (κ2) is 5.20. The molecule has 0 spiro atoms. The maximum Gasteiger partial charge on any atom is 0.299 e. The number of nitrogens with zero attached hydrogens (tertiary/aromatic N) is 2. The van der Waals surface area contributed by atoms with E-state index in [0.717, 1.165) is 10.6 Å². The number of aromatic nitrogens is 2. The van der Waals surface area contributed by atoms with E-state index >= 15 is 0 Å². The Morgan fingerprint density at radius 3 is 2.94 bits per heavy atom. The molecular formula is C11H12FN3OS. The van der Waals surface area contributed by atoms with Gasteiger partial charge in [-0.05, 0) is 37.7 Å². The van der Waals surface area contributed by atoms with Gasteiger partial charge in [0.05, 0.1) is 0 Å². The molecule has 0 saturated heterocycles. The largest absolute Gasteiger partial charge is 0.430 e. The molecule has 0 aliphatic heterocycles. The van der Waals surface area contributed by atoms with Crippen molar-refractivity contribution in [1.29, 1.82) is 0 Å². The van der Waals surface area contributed by atoms with Crippen molar-refractivity contribution in [2.75, 3.05) is 7.05 Å². The molecule has 0 aliphatic rings.